The highest BCUT2D eigenvalue weighted by molar-refractivity contribution is 6.17. The molecule has 1 spiro atoms. The van der Waals surface area contributed by atoms with Crippen LogP contribution in [0, 0.1) is 11.3 Å². The number of para-hydroxylation sites is 1. The second kappa shape index (κ2) is 11.9. The van der Waals surface area contributed by atoms with E-state index in [1.54, 1.807) is 40.0 Å². The summed E-state index contributed by atoms with van der Waals surface area (Å²) in [5, 5.41) is 18.1. The van der Waals surface area contributed by atoms with Gasteiger partial charge in [-0.05, 0) is 81.6 Å². The van der Waals surface area contributed by atoms with Gasteiger partial charge in [-0.2, -0.15) is 5.26 Å². The van der Waals surface area contributed by atoms with E-state index >= 15 is 0 Å². The molecule has 0 aliphatic carbocycles. The average molecular weight is 590 g/mol. The number of hydrogen-bond donors (Lipinski definition) is 0. The summed E-state index contributed by atoms with van der Waals surface area (Å²) >= 11 is 0. The third kappa shape index (κ3) is 5.54. The lowest BCUT2D eigenvalue weighted by Gasteiger charge is -2.45. The lowest BCUT2D eigenvalue weighted by molar-refractivity contribution is -0.133. The van der Waals surface area contributed by atoms with E-state index in [1.807, 2.05) is 56.3 Å². The summed E-state index contributed by atoms with van der Waals surface area (Å²) in [5.74, 6) is 0.580. The van der Waals surface area contributed by atoms with E-state index in [0.717, 1.165) is 17.0 Å². The Balaban J connectivity index is 1.28. The number of ether oxygens (including phenoxy) is 1. The Morgan fingerprint density at radius 2 is 1.77 bits per heavy atom. The van der Waals surface area contributed by atoms with Crippen molar-refractivity contribution in [1.29, 1.82) is 5.26 Å². The summed E-state index contributed by atoms with van der Waals surface area (Å²) in [6.45, 7) is 7.43. The highest BCUT2D eigenvalue weighted by atomic mass is 16.5. The van der Waals surface area contributed by atoms with Crippen LogP contribution in [0.2, 0.25) is 0 Å². The molecule has 224 valence electrons. The third-order valence-electron chi connectivity index (χ3n) is 8.33. The first-order valence-electron chi connectivity index (χ1n) is 14.9. The van der Waals surface area contributed by atoms with Crippen LogP contribution in [0.4, 0.5) is 10.5 Å². The number of imide groups is 1. The Hall–Kier alpha value is -5.01. The predicted octanol–water partition coefficient (Wildman–Crippen LogP) is 5.32. The van der Waals surface area contributed by atoms with Crippen molar-refractivity contribution in [3.63, 3.8) is 0 Å². The van der Waals surface area contributed by atoms with Crippen molar-refractivity contribution in [1.82, 2.24) is 24.8 Å². The molecule has 2 fully saturated rings. The molecule has 2 aliphatic heterocycles. The number of nitrogens with zero attached hydrogens (tertiary/aromatic N) is 7. The number of rotatable bonds is 8. The van der Waals surface area contributed by atoms with Gasteiger partial charge in [-0.25, -0.2) is 9.48 Å². The van der Waals surface area contributed by atoms with Crippen molar-refractivity contribution in [2.24, 2.45) is 0 Å². The standard InChI is InChI=1S/C34H35N7O3/c1-24(2)44-31-14-8-10-27(18-31)21-38-16-15-34(19-25(38)3)32(42)39(33(43)41(34)30-13-7-9-26(17-30)20-35)22-28-23-40(37-36-28)29-11-5-4-6-12-29/h4-14,17-18,23-25H,15-16,19,21-22H2,1-3H3/t25-,34?/m0/s1. The van der Waals surface area contributed by atoms with Crippen molar-refractivity contribution >= 4 is 17.6 Å². The van der Waals surface area contributed by atoms with Crippen molar-refractivity contribution in [3.05, 3.63) is 102 Å². The van der Waals surface area contributed by atoms with Crippen LogP contribution in [0.5, 0.6) is 5.75 Å². The number of benzene rings is 3. The zero-order chi connectivity index (χ0) is 30.8. The fourth-order valence-electron chi connectivity index (χ4n) is 6.31. The van der Waals surface area contributed by atoms with Crippen molar-refractivity contribution in [2.75, 3.05) is 11.4 Å². The average Bonchev–Trinajstić information content (AvgIpc) is 3.56. The molecule has 2 atom stereocenters. The Kier molecular flexibility index (Phi) is 7.89. The zero-order valence-corrected chi connectivity index (χ0v) is 25.1. The molecule has 3 heterocycles. The molecular formula is C34H35N7O3. The van der Waals surface area contributed by atoms with E-state index in [2.05, 4.69) is 40.3 Å². The summed E-state index contributed by atoms with van der Waals surface area (Å²) in [6.07, 6.45) is 2.73. The van der Waals surface area contributed by atoms with E-state index in [1.165, 1.54) is 4.90 Å². The minimum atomic E-state index is -1.08. The molecule has 0 saturated carbocycles. The molecule has 2 saturated heterocycles. The summed E-state index contributed by atoms with van der Waals surface area (Å²) in [4.78, 5) is 33.8. The number of urea groups is 1. The summed E-state index contributed by atoms with van der Waals surface area (Å²) in [6, 6.07) is 26.3. The van der Waals surface area contributed by atoms with E-state index < -0.39 is 11.6 Å². The molecule has 10 heteroatoms. The van der Waals surface area contributed by atoms with Crippen molar-refractivity contribution < 1.29 is 14.3 Å². The number of carbonyl (C=O) groups is 2. The minimum absolute atomic E-state index is 0.00142. The van der Waals surface area contributed by atoms with Crippen LogP contribution in [-0.4, -0.2) is 61.0 Å². The van der Waals surface area contributed by atoms with E-state index in [4.69, 9.17) is 4.74 Å². The second-order valence-corrected chi connectivity index (χ2v) is 11.8. The van der Waals surface area contributed by atoms with Gasteiger partial charge in [0.05, 0.1) is 36.2 Å². The first kappa shape index (κ1) is 29.1. The minimum Gasteiger partial charge on any atom is -0.491 e. The molecule has 1 unspecified atom stereocenters. The van der Waals surface area contributed by atoms with E-state index in [0.29, 0.717) is 42.9 Å². The maximum Gasteiger partial charge on any atom is 0.332 e. The third-order valence-corrected chi connectivity index (χ3v) is 8.33. The van der Waals surface area contributed by atoms with Crippen molar-refractivity contribution in [3.8, 4) is 17.5 Å². The number of nitriles is 1. The Morgan fingerprint density at radius 3 is 2.52 bits per heavy atom. The lowest BCUT2D eigenvalue weighted by atomic mass is 9.81. The fourth-order valence-corrected chi connectivity index (χ4v) is 6.31. The number of amides is 3. The number of piperidine rings is 1. The molecule has 2 aliphatic rings. The molecule has 44 heavy (non-hydrogen) atoms. The molecule has 10 nitrogen and oxygen atoms in total. The first-order valence-corrected chi connectivity index (χ1v) is 14.9. The van der Waals surface area contributed by atoms with Crippen LogP contribution in [-0.2, 0) is 17.9 Å². The van der Waals surface area contributed by atoms with Gasteiger partial charge in [-0.15, -0.1) is 5.10 Å². The van der Waals surface area contributed by atoms with Gasteiger partial charge in [0, 0.05) is 24.8 Å². The molecule has 3 amide bonds. The second-order valence-electron chi connectivity index (χ2n) is 11.8. The molecule has 1 aromatic heterocycles. The van der Waals surface area contributed by atoms with Gasteiger partial charge in [0.1, 0.15) is 17.0 Å². The zero-order valence-electron chi connectivity index (χ0n) is 25.1. The largest absolute Gasteiger partial charge is 0.491 e. The maximum absolute atomic E-state index is 14.4. The summed E-state index contributed by atoms with van der Waals surface area (Å²) < 4.78 is 7.53. The maximum atomic E-state index is 14.4. The van der Waals surface area contributed by atoms with Gasteiger partial charge in [0.25, 0.3) is 5.91 Å². The molecule has 0 radical (unpaired) electrons. The highest BCUT2D eigenvalue weighted by Gasteiger charge is 2.59. The first-order chi connectivity index (χ1) is 21.3. The quantitative estimate of drug-likeness (QED) is 0.256. The Morgan fingerprint density at radius 1 is 1.00 bits per heavy atom. The monoisotopic (exact) mass is 589 g/mol. The predicted molar refractivity (Wildman–Crippen MR) is 165 cm³/mol. The molecule has 0 bridgehead atoms. The summed E-state index contributed by atoms with van der Waals surface area (Å²) in [7, 11) is 0. The molecule has 4 aromatic rings. The van der Waals surface area contributed by atoms with Gasteiger partial charge in [0.15, 0.2) is 0 Å². The molecule has 3 aromatic carbocycles. The SMILES string of the molecule is CC(C)Oc1cccc(CN2CCC3(C[C@@H]2C)C(=O)N(Cc2cn(-c4ccccc4)nn2)C(=O)N3c2cccc(C#N)c2)c1. The van der Waals surface area contributed by atoms with Crippen LogP contribution in [0.25, 0.3) is 5.69 Å². The van der Waals surface area contributed by atoms with Gasteiger partial charge >= 0.3 is 6.03 Å². The Bertz CT molecular complexity index is 1710. The number of hydrogen-bond acceptors (Lipinski definition) is 7. The van der Waals surface area contributed by atoms with Gasteiger partial charge < -0.3 is 4.74 Å². The van der Waals surface area contributed by atoms with Gasteiger partial charge in [0.2, 0.25) is 0 Å². The molecule has 0 N–H and O–H groups in total. The van der Waals surface area contributed by atoms with Crippen LogP contribution < -0.4 is 9.64 Å². The van der Waals surface area contributed by atoms with Gasteiger partial charge in [-0.1, -0.05) is 41.6 Å². The van der Waals surface area contributed by atoms with Crippen molar-refractivity contribution in [2.45, 2.75) is 64.4 Å². The van der Waals surface area contributed by atoms with E-state index in [-0.39, 0.29) is 24.6 Å². The molecule has 6 rings (SSSR count). The number of carbonyl (C=O) groups excluding carboxylic acids is 2. The topological polar surface area (TPSA) is 108 Å². The van der Waals surface area contributed by atoms with Gasteiger partial charge in [-0.3, -0.25) is 19.5 Å². The summed E-state index contributed by atoms with van der Waals surface area (Å²) in [5.41, 5.74) is 2.35. The number of likely N-dealkylation sites (tertiary alicyclic amines) is 1. The number of anilines is 1. The van der Waals surface area contributed by atoms with Crippen LogP contribution in [0.1, 0.15) is 50.4 Å². The lowest BCUT2D eigenvalue weighted by Crippen LogP contribution is -2.59. The molecular weight excluding hydrogens is 554 g/mol. The van der Waals surface area contributed by atoms with Crippen LogP contribution in [0.3, 0.4) is 0 Å². The Labute approximate surface area is 257 Å². The number of aromatic nitrogens is 3. The van der Waals surface area contributed by atoms with Crippen LogP contribution in [0.15, 0.2) is 85.1 Å². The van der Waals surface area contributed by atoms with E-state index in [9.17, 15) is 14.9 Å². The fraction of sp³-hybridized carbons (Fsp3) is 0.324. The normalized spacial score (nSPS) is 20.5. The smallest absolute Gasteiger partial charge is 0.332 e. The highest BCUT2D eigenvalue weighted by Crippen LogP contribution is 2.43. The van der Waals surface area contributed by atoms with Crippen LogP contribution >= 0.6 is 0 Å².